The minimum absolute atomic E-state index is 0.0352. The number of hydrogen-bond donors (Lipinski definition) is 0. The Hall–Kier alpha value is -2.80. The van der Waals surface area contributed by atoms with Gasteiger partial charge in [0, 0.05) is 17.9 Å². The number of hydrogen-bond acceptors (Lipinski definition) is 5. The first-order valence-corrected chi connectivity index (χ1v) is 9.24. The summed E-state index contributed by atoms with van der Waals surface area (Å²) in [6.07, 6.45) is 1.64. The van der Waals surface area contributed by atoms with Crippen LogP contribution in [0.15, 0.2) is 66.1 Å². The Morgan fingerprint density at radius 1 is 1.15 bits per heavy atom. The largest absolute Gasteiger partial charge is 0.497 e. The lowest BCUT2D eigenvalue weighted by molar-refractivity contribution is -0.116. The van der Waals surface area contributed by atoms with E-state index in [0.717, 1.165) is 17.1 Å². The maximum absolute atomic E-state index is 12.6. The number of carbonyl (C=O) groups is 1. The minimum Gasteiger partial charge on any atom is -0.497 e. The number of aromatic nitrogens is 3. The van der Waals surface area contributed by atoms with E-state index in [1.165, 1.54) is 11.8 Å². The van der Waals surface area contributed by atoms with Crippen molar-refractivity contribution in [1.82, 2.24) is 14.8 Å². The maximum atomic E-state index is 12.6. The van der Waals surface area contributed by atoms with Gasteiger partial charge in [0.15, 0.2) is 5.16 Å². The average Bonchev–Trinajstić information content (AvgIpc) is 3.16. The van der Waals surface area contributed by atoms with Crippen molar-refractivity contribution in [2.24, 2.45) is 0 Å². The van der Waals surface area contributed by atoms with Crippen LogP contribution in [0.2, 0.25) is 0 Å². The monoisotopic (exact) mass is 368 g/mol. The number of carbonyl (C=O) groups excluding carboxylic acids is 1. The molecule has 134 valence electrons. The number of ether oxygens (including phenoxy) is 1. The molecule has 7 heteroatoms. The summed E-state index contributed by atoms with van der Waals surface area (Å²) in [4.78, 5) is 14.4. The van der Waals surface area contributed by atoms with Crippen LogP contribution in [-0.4, -0.2) is 40.1 Å². The second-order valence-electron chi connectivity index (χ2n) is 5.44. The lowest BCUT2D eigenvalue weighted by Gasteiger charge is -2.20. The molecular weight excluding hydrogens is 348 g/mol. The predicted octanol–water partition coefficient (Wildman–Crippen LogP) is 3.42. The number of thioether (sulfide) groups is 1. The number of rotatable bonds is 7. The lowest BCUT2D eigenvalue weighted by Crippen LogP contribution is -2.32. The molecule has 0 bridgehead atoms. The zero-order valence-electron chi connectivity index (χ0n) is 14.7. The van der Waals surface area contributed by atoms with Gasteiger partial charge in [-0.25, -0.2) is 0 Å². The zero-order valence-corrected chi connectivity index (χ0v) is 15.5. The molecule has 0 aliphatic heterocycles. The molecule has 0 fully saturated rings. The molecule has 3 rings (SSSR count). The molecule has 0 atom stereocenters. The third-order valence-corrected chi connectivity index (χ3v) is 4.80. The quantitative estimate of drug-likeness (QED) is 0.598. The Bertz CT molecular complexity index is 849. The Kier molecular flexibility index (Phi) is 5.91. The fourth-order valence-corrected chi connectivity index (χ4v) is 3.36. The smallest absolute Gasteiger partial charge is 0.237 e. The van der Waals surface area contributed by atoms with E-state index in [1.54, 1.807) is 18.3 Å². The highest BCUT2D eigenvalue weighted by molar-refractivity contribution is 7.99. The van der Waals surface area contributed by atoms with Crippen LogP contribution in [-0.2, 0) is 4.79 Å². The summed E-state index contributed by atoms with van der Waals surface area (Å²) in [6, 6.07) is 17.3. The summed E-state index contributed by atoms with van der Waals surface area (Å²) in [7, 11) is 1.63. The molecular formula is C19H20N4O2S. The molecule has 1 heterocycles. The second kappa shape index (κ2) is 8.53. The molecule has 6 nitrogen and oxygen atoms in total. The molecule has 0 radical (unpaired) electrons. The Labute approximate surface area is 156 Å². The van der Waals surface area contributed by atoms with Crippen LogP contribution in [0.5, 0.6) is 5.75 Å². The lowest BCUT2D eigenvalue weighted by atomic mass is 10.3. The van der Waals surface area contributed by atoms with Crippen LogP contribution in [0.3, 0.4) is 0 Å². The third kappa shape index (κ3) is 4.05. The van der Waals surface area contributed by atoms with Crippen LogP contribution in [0.1, 0.15) is 6.92 Å². The van der Waals surface area contributed by atoms with Gasteiger partial charge < -0.3 is 9.64 Å². The molecule has 0 spiro atoms. The molecule has 1 amide bonds. The molecule has 26 heavy (non-hydrogen) atoms. The van der Waals surface area contributed by atoms with Gasteiger partial charge in [-0.15, -0.1) is 10.2 Å². The highest BCUT2D eigenvalue weighted by Crippen LogP contribution is 2.23. The fraction of sp³-hybridized carbons (Fsp3) is 0.211. The van der Waals surface area contributed by atoms with Crippen LogP contribution >= 0.6 is 11.8 Å². The van der Waals surface area contributed by atoms with Gasteiger partial charge in [0.1, 0.15) is 12.1 Å². The minimum atomic E-state index is 0.0352. The van der Waals surface area contributed by atoms with Gasteiger partial charge in [0.25, 0.3) is 0 Å². The Morgan fingerprint density at radius 3 is 2.54 bits per heavy atom. The number of anilines is 1. The van der Waals surface area contributed by atoms with Gasteiger partial charge in [0.2, 0.25) is 5.91 Å². The topological polar surface area (TPSA) is 60.2 Å². The van der Waals surface area contributed by atoms with Gasteiger partial charge in [0.05, 0.1) is 12.9 Å². The summed E-state index contributed by atoms with van der Waals surface area (Å²) < 4.78 is 7.04. The van der Waals surface area contributed by atoms with Gasteiger partial charge in [-0.3, -0.25) is 9.36 Å². The van der Waals surface area contributed by atoms with E-state index in [-0.39, 0.29) is 11.7 Å². The fourth-order valence-electron chi connectivity index (χ4n) is 2.56. The van der Waals surface area contributed by atoms with Crippen molar-refractivity contribution in [1.29, 1.82) is 0 Å². The molecule has 0 aliphatic carbocycles. The van der Waals surface area contributed by atoms with Crippen molar-refractivity contribution in [2.75, 3.05) is 24.3 Å². The second-order valence-corrected chi connectivity index (χ2v) is 6.39. The summed E-state index contributed by atoms with van der Waals surface area (Å²) in [6.45, 7) is 2.59. The highest BCUT2D eigenvalue weighted by atomic mass is 32.2. The number of amides is 1. The van der Waals surface area contributed by atoms with Crippen molar-refractivity contribution in [3.63, 3.8) is 0 Å². The SMILES string of the molecule is CCN(C(=O)CSc1nncn1-c1ccc(OC)cc1)c1ccccc1. The molecule has 1 aromatic heterocycles. The number of benzene rings is 2. The van der Waals surface area contributed by atoms with Gasteiger partial charge in [-0.2, -0.15) is 0 Å². The van der Waals surface area contributed by atoms with E-state index in [9.17, 15) is 4.79 Å². The van der Waals surface area contributed by atoms with Crippen LogP contribution in [0, 0.1) is 0 Å². The standard InChI is InChI=1S/C19H20N4O2S/c1-3-22(15-7-5-4-6-8-15)18(24)13-26-19-21-20-14-23(19)16-9-11-17(25-2)12-10-16/h4-12,14H,3,13H2,1-2H3. The highest BCUT2D eigenvalue weighted by Gasteiger charge is 2.16. The number of para-hydroxylation sites is 1. The van der Waals surface area contributed by atoms with Crippen molar-refractivity contribution in [3.8, 4) is 11.4 Å². The molecule has 0 unspecified atom stereocenters. The molecule has 0 saturated carbocycles. The Balaban J connectivity index is 1.70. The molecule has 0 saturated heterocycles. The molecule has 3 aromatic rings. The van der Waals surface area contributed by atoms with Gasteiger partial charge in [-0.1, -0.05) is 30.0 Å². The average molecular weight is 368 g/mol. The summed E-state index contributed by atoms with van der Waals surface area (Å²) in [5.74, 6) is 1.11. The summed E-state index contributed by atoms with van der Waals surface area (Å²) in [5.41, 5.74) is 1.82. The van der Waals surface area contributed by atoms with Crippen molar-refractivity contribution < 1.29 is 9.53 Å². The van der Waals surface area contributed by atoms with Crippen LogP contribution in [0.4, 0.5) is 5.69 Å². The van der Waals surface area contributed by atoms with Crippen molar-refractivity contribution in [2.45, 2.75) is 12.1 Å². The summed E-state index contributed by atoms with van der Waals surface area (Å²) >= 11 is 1.37. The van der Waals surface area contributed by atoms with Crippen LogP contribution in [0.25, 0.3) is 5.69 Å². The summed E-state index contributed by atoms with van der Waals surface area (Å²) in [5, 5.41) is 8.79. The normalized spacial score (nSPS) is 10.5. The first-order chi connectivity index (χ1) is 12.7. The predicted molar refractivity (Wildman–Crippen MR) is 103 cm³/mol. The third-order valence-electron chi connectivity index (χ3n) is 3.88. The van der Waals surface area contributed by atoms with Crippen molar-refractivity contribution >= 4 is 23.4 Å². The zero-order chi connectivity index (χ0) is 18.4. The number of methoxy groups -OCH3 is 1. The molecule has 2 aromatic carbocycles. The molecule has 0 aliphatic rings. The van der Waals surface area contributed by atoms with Crippen molar-refractivity contribution in [3.05, 3.63) is 60.9 Å². The van der Waals surface area contributed by atoms with Gasteiger partial charge >= 0.3 is 0 Å². The van der Waals surface area contributed by atoms with E-state index < -0.39 is 0 Å². The number of nitrogens with zero attached hydrogens (tertiary/aromatic N) is 4. The molecule has 0 N–H and O–H groups in total. The van der Waals surface area contributed by atoms with E-state index >= 15 is 0 Å². The first kappa shape index (κ1) is 18.0. The van der Waals surface area contributed by atoms with E-state index in [0.29, 0.717) is 11.7 Å². The maximum Gasteiger partial charge on any atom is 0.237 e. The Morgan fingerprint density at radius 2 is 1.88 bits per heavy atom. The van der Waals surface area contributed by atoms with Gasteiger partial charge in [-0.05, 0) is 43.3 Å². The van der Waals surface area contributed by atoms with E-state index in [4.69, 9.17) is 4.74 Å². The van der Waals surface area contributed by atoms with E-state index in [2.05, 4.69) is 10.2 Å². The first-order valence-electron chi connectivity index (χ1n) is 8.25. The van der Waals surface area contributed by atoms with E-state index in [1.807, 2.05) is 66.1 Å². The van der Waals surface area contributed by atoms with Crippen LogP contribution < -0.4 is 9.64 Å².